The molecule has 0 atom stereocenters. The minimum Gasteiger partial charge on any atom is -0.482 e. The molecule has 1 N–H and O–H groups in total. The number of hydrogen-bond acceptors (Lipinski definition) is 4. The summed E-state index contributed by atoms with van der Waals surface area (Å²) < 4.78 is 6.13. The van der Waals surface area contributed by atoms with Crippen molar-refractivity contribution in [2.75, 3.05) is 5.32 Å². The number of anilines is 1. The van der Waals surface area contributed by atoms with Gasteiger partial charge < -0.3 is 10.1 Å². The molecular weight excluding hydrogens is 268 g/mol. The van der Waals surface area contributed by atoms with Gasteiger partial charge in [-0.05, 0) is 46.8 Å². The van der Waals surface area contributed by atoms with Crippen molar-refractivity contribution in [3.63, 3.8) is 0 Å². The summed E-state index contributed by atoms with van der Waals surface area (Å²) in [4.78, 5) is 5.98. The van der Waals surface area contributed by atoms with E-state index in [1.165, 1.54) is 4.88 Å². The second-order valence-electron chi connectivity index (χ2n) is 6.68. The van der Waals surface area contributed by atoms with Crippen LogP contribution >= 0.6 is 11.3 Å². The summed E-state index contributed by atoms with van der Waals surface area (Å²) in [5.74, 6) is 0.914. The molecule has 0 amide bonds. The highest BCUT2D eigenvalue weighted by Crippen LogP contribution is 2.48. The van der Waals surface area contributed by atoms with Crippen LogP contribution in [0.1, 0.15) is 39.5 Å². The number of rotatable bonds is 1. The third kappa shape index (κ3) is 2.29. The Morgan fingerprint density at radius 2 is 1.90 bits per heavy atom. The molecule has 1 aromatic heterocycles. The molecule has 106 valence electrons. The fourth-order valence-electron chi connectivity index (χ4n) is 2.36. The standard InChI is InChI=1S/C16H20N2OS/c1-15(2,3)18-14-17-12-10-8-6-7-9-11(10)19-16(4,5)13(12)20-14/h6-9H,1-5H3,(H,17,18). The van der Waals surface area contributed by atoms with Crippen LogP contribution in [0.15, 0.2) is 24.3 Å². The maximum atomic E-state index is 6.13. The lowest BCUT2D eigenvalue weighted by atomic mass is 9.97. The van der Waals surface area contributed by atoms with Crippen molar-refractivity contribution in [3.05, 3.63) is 29.1 Å². The molecule has 20 heavy (non-hydrogen) atoms. The summed E-state index contributed by atoms with van der Waals surface area (Å²) in [5, 5.41) is 4.41. The maximum Gasteiger partial charge on any atom is 0.184 e. The van der Waals surface area contributed by atoms with Gasteiger partial charge in [0.1, 0.15) is 11.4 Å². The number of benzene rings is 1. The van der Waals surface area contributed by atoms with Gasteiger partial charge in [-0.3, -0.25) is 0 Å². The van der Waals surface area contributed by atoms with E-state index in [0.717, 1.165) is 22.1 Å². The van der Waals surface area contributed by atoms with Gasteiger partial charge in [0.15, 0.2) is 5.13 Å². The highest BCUT2D eigenvalue weighted by Gasteiger charge is 2.36. The van der Waals surface area contributed by atoms with Gasteiger partial charge in [0, 0.05) is 11.1 Å². The van der Waals surface area contributed by atoms with E-state index >= 15 is 0 Å². The Kier molecular flexibility index (Phi) is 2.83. The van der Waals surface area contributed by atoms with Gasteiger partial charge in [0.2, 0.25) is 0 Å². The molecule has 1 aromatic carbocycles. The number of fused-ring (bicyclic) bond motifs is 3. The van der Waals surface area contributed by atoms with E-state index in [-0.39, 0.29) is 11.1 Å². The van der Waals surface area contributed by atoms with E-state index in [4.69, 9.17) is 9.72 Å². The zero-order valence-electron chi connectivity index (χ0n) is 12.6. The van der Waals surface area contributed by atoms with Gasteiger partial charge in [-0.2, -0.15) is 0 Å². The summed E-state index contributed by atoms with van der Waals surface area (Å²) in [7, 11) is 0. The van der Waals surface area contributed by atoms with Gasteiger partial charge >= 0.3 is 0 Å². The Hall–Kier alpha value is -1.55. The van der Waals surface area contributed by atoms with Crippen molar-refractivity contribution in [3.8, 4) is 17.0 Å². The second-order valence-corrected chi connectivity index (χ2v) is 7.68. The SMILES string of the molecule is CC(C)(C)Nc1nc2c(s1)C(C)(C)Oc1ccccc1-2. The molecule has 0 bridgehead atoms. The minimum absolute atomic E-state index is 0.00493. The number of ether oxygens (including phenoxy) is 1. The lowest BCUT2D eigenvalue weighted by Crippen LogP contribution is -2.27. The lowest BCUT2D eigenvalue weighted by molar-refractivity contribution is 0.109. The Morgan fingerprint density at radius 1 is 1.20 bits per heavy atom. The van der Waals surface area contributed by atoms with Crippen LogP contribution in [0.5, 0.6) is 5.75 Å². The number of aromatic nitrogens is 1. The highest BCUT2D eigenvalue weighted by atomic mass is 32.1. The van der Waals surface area contributed by atoms with Gasteiger partial charge in [-0.25, -0.2) is 4.98 Å². The molecule has 4 heteroatoms. The van der Waals surface area contributed by atoms with Gasteiger partial charge in [-0.1, -0.05) is 23.5 Å². The van der Waals surface area contributed by atoms with Crippen LogP contribution in [0.4, 0.5) is 5.13 Å². The molecule has 0 saturated carbocycles. The molecule has 0 radical (unpaired) electrons. The average molecular weight is 288 g/mol. The summed E-state index contributed by atoms with van der Waals surface area (Å²) >= 11 is 1.69. The molecule has 0 aliphatic carbocycles. The van der Waals surface area contributed by atoms with Crippen LogP contribution in [-0.4, -0.2) is 10.5 Å². The third-order valence-electron chi connectivity index (χ3n) is 3.16. The van der Waals surface area contributed by atoms with E-state index in [0.29, 0.717) is 0 Å². The Morgan fingerprint density at radius 3 is 2.60 bits per heavy atom. The molecule has 0 spiro atoms. The molecule has 3 rings (SSSR count). The fourth-order valence-corrected chi connectivity index (χ4v) is 3.58. The normalized spacial score (nSPS) is 16.1. The van der Waals surface area contributed by atoms with E-state index in [9.17, 15) is 0 Å². The van der Waals surface area contributed by atoms with Crippen molar-refractivity contribution in [2.24, 2.45) is 0 Å². The van der Waals surface area contributed by atoms with Crippen LogP contribution in [0.2, 0.25) is 0 Å². The lowest BCUT2D eigenvalue weighted by Gasteiger charge is -2.31. The van der Waals surface area contributed by atoms with Crippen molar-refractivity contribution < 1.29 is 4.74 Å². The first-order valence-electron chi connectivity index (χ1n) is 6.84. The van der Waals surface area contributed by atoms with Crippen LogP contribution in [0, 0.1) is 0 Å². The summed E-state index contributed by atoms with van der Waals surface area (Å²) in [5.41, 5.74) is 1.80. The van der Waals surface area contributed by atoms with Crippen LogP contribution in [-0.2, 0) is 5.60 Å². The monoisotopic (exact) mass is 288 g/mol. The fraction of sp³-hybridized carbons (Fsp3) is 0.438. The number of nitrogens with one attached hydrogen (secondary N) is 1. The maximum absolute atomic E-state index is 6.13. The van der Waals surface area contributed by atoms with Crippen molar-refractivity contribution >= 4 is 16.5 Å². The number of hydrogen-bond donors (Lipinski definition) is 1. The molecule has 1 aliphatic rings. The predicted octanol–water partition coefficient (Wildman–Crippen LogP) is 4.65. The molecule has 2 heterocycles. The average Bonchev–Trinajstić information content (AvgIpc) is 2.71. The first kappa shape index (κ1) is 13.4. The van der Waals surface area contributed by atoms with Gasteiger partial charge in [0.25, 0.3) is 0 Å². The number of nitrogens with zero attached hydrogens (tertiary/aromatic N) is 1. The Balaban J connectivity index is 2.13. The summed E-state index contributed by atoms with van der Waals surface area (Å²) in [6, 6.07) is 8.11. The Bertz CT molecular complexity index is 653. The van der Waals surface area contributed by atoms with E-state index in [1.54, 1.807) is 11.3 Å². The second kappa shape index (κ2) is 4.22. The first-order valence-corrected chi connectivity index (χ1v) is 7.66. The summed E-state index contributed by atoms with van der Waals surface area (Å²) in [6.45, 7) is 10.6. The third-order valence-corrected chi connectivity index (χ3v) is 4.44. The predicted molar refractivity (Wildman–Crippen MR) is 84.6 cm³/mol. The first-order chi connectivity index (χ1) is 9.26. The van der Waals surface area contributed by atoms with Crippen molar-refractivity contribution in [2.45, 2.75) is 45.8 Å². The van der Waals surface area contributed by atoms with Crippen LogP contribution < -0.4 is 10.1 Å². The number of thiazole rings is 1. The van der Waals surface area contributed by atoms with E-state index in [2.05, 4.69) is 46.0 Å². The Labute approximate surface area is 124 Å². The molecular formula is C16H20N2OS. The number of para-hydroxylation sites is 1. The van der Waals surface area contributed by atoms with Crippen LogP contribution in [0.3, 0.4) is 0 Å². The van der Waals surface area contributed by atoms with Crippen molar-refractivity contribution in [1.29, 1.82) is 0 Å². The quantitative estimate of drug-likeness (QED) is 0.829. The molecule has 1 aliphatic heterocycles. The molecule has 0 saturated heterocycles. The largest absolute Gasteiger partial charge is 0.482 e. The topological polar surface area (TPSA) is 34.2 Å². The van der Waals surface area contributed by atoms with E-state index < -0.39 is 0 Å². The molecule has 0 unspecified atom stereocenters. The molecule has 0 fully saturated rings. The molecule has 3 nitrogen and oxygen atoms in total. The van der Waals surface area contributed by atoms with E-state index in [1.807, 2.05) is 18.2 Å². The van der Waals surface area contributed by atoms with Crippen molar-refractivity contribution in [1.82, 2.24) is 4.98 Å². The van der Waals surface area contributed by atoms with Crippen LogP contribution in [0.25, 0.3) is 11.3 Å². The minimum atomic E-state index is -0.334. The zero-order valence-corrected chi connectivity index (χ0v) is 13.4. The zero-order chi connectivity index (χ0) is 14.5. The highest BCUT2D eigenvalue weighted by molar-refractivity contribution is 7.16. The smallest absolute Gasteiger partial charge is 0.184 e. The van der Waals surface area contributed by atoms with Gasteiger partial charge in [-0.15, -0.1) is 0 Å². The summed E-state index contributed by atoms with van der Waals surface area (Å²) in [6.07, 6.45) is 0. The van der Waals surface area contributed by atoms with Gasteiger partial charge in [0.05, 0.1) is 10.6 Å². The molecule has 2 aromatic rings.